The van der Waals surface area contributed by atoms with Gasteiger partial charge in [-0.15, -0.1) is 5.11 Å². The van der Waals surface area contributed by atoms with Crippen molar-refractivity contribution in [3.63, 3.8) is 0 Å². The minimum atomic E-state index is -1.20. The Balaban J connectivity index is 2.26. The van der Waals surface area contributed by atoms with Crippen molar-refractivity contribution in [2.24, 2.45) is 10.3 Å². The lowest BCUT2D eigenvalue weighted by atomic mass is 10.2. The van der Waals surface area contributed by atoms with E-state index in [0.29, 0.717) is 5.69 Å². The first-order valence-corrected chi connectivity index (χ1v) is 4.57. The number of benzene rings is 1. The number of rotatable bonds is 2. The van der Waals surface area contributed by atoms with E-state index in [1.54, 1.807) is 24.3 Å². The molecule has 0 fully saturated rings. The zero-order valence-electron chi connectivity index (χ0n) is 7.50. The standard InChI is InChI=1S/C9H6ClN3O2/c10-8(14)7-9(15)13(12-11-7)6-4-2-1-3-5-6/h1-5,7H. The first kappa shape index (κ1) is 9.79. The summed E-state index contributed by atoms with van der Waals surface area (Å²) in [6.45, 7) is 0. The van der Waals surface area contributed by atoms with E-state index in [9.17, 15) is 9.59 Å². The van der Waals surface area contributed by atoms with Crippen LogP contribution < -0.4 is 5.01 Å². The van der Waals surface area contributed by atoms with Crippen LogP contribution in [-0.2, 0) is 9.59 Å². The molecule has 15 heavy (non-hydrogen) atoms. The predicted octanol–water partition coefficient (Wildman–Crippen LogP) is 1.53. The topological polar surface area (TPSA) is 62.1 Å². The summed E-state index contributed by atoms with van der Waals surface area (Å²) in [5, 5.41) is 7.33. The second kappa shape index (κ2) is 3.78. The highest BCUT2D eigenvalue weighted by Crippen LogP contribution is 2.21. The molecule has 1 unspecified atom stereocenters. The van der Waals surface area contributed by atoms with E-state index in [0.717, 1.165) is 5.01 Å². The molecular weight excluding hydrogens is 218 g/mol. The first-order chi connectivity index (χ1) is 7.20. The van der Waals surface area contributed by atoms with Crippen molar-refractivity contribution >= 4 is 28.4 Å². The van der Waals surface area contributed by atoms with Crippen LogP contribution in [0.5, 0.6) is 0 Å². The van der Waals surface area contributed by atoms with Crippen molar-refractivity contribution in [1.29, 1.82) is 0 Å². The molecule has 0 aliphatic carbocycles. The molecule has 0 saturated heterocycles. The Morgan fingerprint density at radius 3 is 2.53 bits per heavy atom. The molecular formula is C9H6ClN3O2. The summed E-state index contributed by atoms with van der Waals surface area (Å²) < 4.78 is 0. The normalized spacial score (nSPS) is 19.7. The molecule has 0 spiro atoms. The molecule has 76 valence electrons. The number of para-hydroxylation sites is 1. The van der Waals surface area contributed by atoms with Crippen molar-refractivity contribution in [2.75, 3.05) is 5.01 Å². The fourth-order valence-electron chi connectivity index (χ4n) is 1.20. The van der Waals surface area contributed by atoms with E-state index >= 15 is 0 Å². The highest BCUT2D eigenvalue weighted by atomic mass is 35.5. The summed E-state index contributed by atoms with van der Waals surface area (Å²) in [5.41, 5.74) is 0.562. The molecule has 0 aromatic heterocycles. The molecule has 0 N–H and O–H groups in total. The first-order valence-electron chi connectivity index (χ1n) is 4.19. The number of halogens is 1. The minimum Gasteiger partial charge on any atom is -0.278 e. The second-order valence-corrected chi connectivity index (χ2v) is 3.27. The minimum absolute atomic E-state index is 0.527. The van der Waals surface area contributed by atoms with Gasteiger partial charge in [-0.3, -0.25) is 9.59 Å². The van der Waals surface area contributed by atoms with Crippen LogP contribution >= 0.6 is 11.6 Å². The van der Waals surface area contributed by atoms with Crippen LogP contribution in [0, 0.1) is 0 Å². The SMILES string of the molecule is O=C(Cl)C1N=NN(c2ccccc2)C1=O. The van der Waals surface area contributed by atoms with Gasteiger partial charge in [0.15, 0.2) is 0 Å². The Labute approximate surface area is 90.3 Å². The van der Waals surface area contributed by atoms with Crippen LogP contribution in [0.25, 0.3) is 0 Å². The van der Waals surface area contributed by atoms with Crippen LogP contribution in [0.2, 0.25) is 0 Å². The van der Waals surface area contributed by atoms with Gasteiger partial charge in [0.2, 0.25) is 6.04 Å². The highest BCUT2D eigenvalue weighted by molar-refractivity contribution is 6.67. The molecule has 0 bridgehead atoms. The molecule has 1 aromatic carbocycles. The van der Waals surface area contributed by atoms with Gasteiger partial charge in [0.25, 0.3) is 11.1 Å². The third kappa shape index (κ3) is 1.73. The Morgan fingerprint density at radius 1 is 1.33 bits per heavy atom. The van der Waals surface area contributed by atoms with Crippen molar-refractivity contribution in [3.05, 3.63) is 30.3 Å². The maximum Gasteiger partial charge on any atom is 0.284 e. The lowest BCUT2D eigenvalue weighted by molar-refractivity contribution is -0.123. The smallest absolute Gasteiger partial charge is 0.278 e. The number of amides is 1. The Bertz CT molecular complexity index is 432. The predicted molar refractivity (Wildman–Crippen MR) is 53.4 cm³/mol. The molecule has 0 radical (unpaired) electrons. The van der Waals surface area contributed by atoms with Crippen LogP contribution in [-0.4, -0.2) is 17.2 Å². The van der Waals surface area contributed by atoms with Gasteiger partial charge in [0.05, 0.1) is 5.69 Å². The Morgan fingerprint density at radius 2 is 2.00 bits per heavy atom. The molecule has 1 atom stereocenters. The van der Waals surface area contributed by atoms with Crippen LogP contribution in [0.1, 0.15) is 0 Å². The van der Waals surface area contributed by atoms with Crippen LogP contribution in [0.15, 0.2) is 40.7 Å². The number of hydrogen-bond donors (Lipinski definition) is 0. The molecule has 2 rings (SSSR count). The summed E-state index contributed by atoms with van der Waals surface area (Å²) in [5.74, 6) is -0.527. The zero-order chi connectivity index (χ0) is 10.8. The number of hydrogen-bond acceptors (Lipinski definition) is 4. The van der Waals surface area contributed by atoms with Gasteiger partial charge < -0.3 is 0 Å². The summed E-state index contributed by atoms with van der Waals surface area (Å²) in [7, 11) is 0. The monoisotopic (exact) mass is 223 g/mol. The van der Waals surface area contributed by atoms with Gasteiger partial charge in [0.1, 0.15) is 0 Å². The molecule has 1 amide bonds. The van der Waals surface area contributed by atoms with Gasteiger partial charge in [-0.05, 0) is 23.7 Å². The molecule has 1 heterocycles. The quantitative estimate of drug-likeness (QED) is 0.564. The van der Waals surface area contributed by atoms with E-state index in [4.69, 9.17) is 11.6 Å². The fourth-order valence-corrected chi connectivity index (χ4v) is 1.34. The lowest BCUT2D eigenvalue weighted by Gasteiger charge is -2.09. The maximum absolute atomic E-state index is 11.6. The van der Waals surface area contributed by atoms with Gasteiger partial charge >= 0.3 is 0 Å². The zero-order valence-corrected chi connectivity index (χ0v) is 8.26. The summed E-state index contributed by atoms with van der Waals surface area (Å²) >= 11 is 5.19. The van der Waals surface area contributed by atoms with Gasteiger partial charge in [-0.1, -0.05) is 23.4 Å². The largest absolute Gasteiger partial charge is 0.284 e. The molecule has 1 aliphatic rings. The average molecular weight is 224 g/mol. The highest BCUT2D eigenvalue weighted by Gasteiger charge is 2.35. The van der Waals surface area contributed by atoms with E-state index in [1.807, 2.05) is 6.07 Å². The van der Waals surface area contributed by atoms with Crippen LogP contribution in [0.3, 0.4) is 0 Å². The van der Waals surface area contributed by atoms with Gasteiger partial charge in [0, 0.05) is 0 Å². The number of carbonyl (C=O) groups excluding carboxylic acids is 2. The summed E-state index contributed by atoms with van der Waals surface area (Å²) in [4.78, 5) is 22.4. The third-order valence-electron chi connectivity index (χ3n) is 1.91. The Hall–Kier alpha value is -1.75. The molecule has 6 heteroatoms. The van der Waals surface area contributed by atoms with Gasteiger partial charge in [-0.2, -0.15) is 5.01 Å². The van der Waals surface area contributed by atoms with E-state index in [-0.39, 0.29) is 0 Å². The lowest BCUT2D eigenvalue weighted by Crippen LogP contribution is -2.31. The molecule has 1 aliphatic heterocycles. The van der Waals surface area contributed by atoms with Crippen LogP contribution in [0.4, 0.5) is 5.69 Å². The number of nitrogens with zero attached hydrogens (tertiary/aromatic N) is 3. The van der Waals surface area contributed by atoms with Crippen molar-refractivity contribution < 1.29 is 9.59 Å². The Kier molecular flexibility index (Phi) is 2.47. The van der Waals surface area contributed by atoms with Crippen molar-refractivity contribution in [3.8, 4) is 0 Å². The van der Waals surface area contributed by atoms with E-state index in [2.05, 4.69) is 10.3 Å². The molecule has 1 aromatic rings. The maximum atomic E-state index is 11.6. The average Bonchev–Trinajstić information content (AvgIpc) is 2.61. The second-order valence-electron chi connectivity index (χ2n) is 2.90. The fraction of sp³-hybridized carbons (Fsp3) is 0.111. The third-order valence-corrected chi connectivity index (χ3v) is 2.12. The molecule has 0 saturated carbocycles. The number of carbonyl (C=O) groups is 2. The van der Waals surface area contributed by atoms with E-state index < -0.39 is 17.2 Å². The van der Waals surface area contributed by atoms with Gasteiger partial charge in [-0.25, -0.2) is 0 Å². The van der Waals surface area contributed by atoms with E-state index in [1.165, 1.54) is 0 Å². The number of anilines is 1. The molecule has 5 nitrogen and oxygen atoms in total. The van der Waals surface area contributed by atoms with Crippen molar-refractivity contribution in [1.82, 2.24) is 0 Å². The summed E-state index contributed by atoms with van der Waals surface area (Å²) in [6.07, 6.45) is 0. The summed E-state index contributed by atoms with van der Waals surface area (Å²) in [6, 6.07) is 7.51. The van der Waals surface area contributed by atoms with Crippen molar-refractivity contribution in [2.45, 2.75) is 6.04 Å².